The molecule has 1 aliphatic heterocycles. The molecule has 1 aromatic heterocycles. The highest BCUT2D eigenvalue weighted by molar-refractivity contribution is 6.07. The first-order chi connectivity index (χ1) is 14.6. The van der Waals surface area contributed by atoms with E-state index < -0.39 is 5.54 Å². The zero-order chi connectivity index (χ0) is 21.0. The van der Waals surface area contributed by atoms with Crippen LogP contribution in [0.4, 0.5) is 5.82 Å². The number of aromatic nitrogens is 2. The van der Waals surface area contributed by atoms with Crippen LogP contribution in [-0.2, 0) is 4.79 Å². The first-order valence-corrected chi connectivity index (χ1v) is 11.7. The van der Waals surface area contributed by atoms with Gasteiger partial charge < -0.3 is 10.6 Å². The van der Waals surface area contributed by atoms with Crippen molar-refractivity contribution in [2.75, 3.05) is 12.4 Å². The maximum Gasteiger partial charge on any atom is 0.254 e. The molecular formula is C23H36N6O. The molecule has 3 fully saturated rings. The molecule has 3 N–H and O–H groups in total. The molecule has 2 heterocycles. The monoisotopic (exact) mass is 412 g/mol. The molecule has 7 nitrogen and oxygen atoms in total. The van der Waals surface area contributed by atoms with E-state index >= 15 is 0 Å². The van der Waals surface area contributed by atoms with E-state index in [0.717, 1.165) is 56.7 Å². The highest BCUT2D eigenvalue weighted by Gasteiger charge is 2.49. The Kier molecular flexibility index (Phi) is 6.54. The maximum atomic E-state index is 13.2. The molecule has 1 aromatic rings. The average Bonchev–Trinajstić information content (AvgIpc) is 2.98. The van der Waals surface area contributed by atoms with E-state index in [0.29, 0.717) is 12.0 Å². The van der Waals surface area contributed by atoms with Gasteiger partial charge in [0.15, 0.2) is 5.96 Å². The lowest BCUT2D eigenvalue weighted by molar-refractivity contribution is -0.131. The van der Waals surface area contributed by atoms with Crippen LogP contribution in [-0.4, -0.2) is 45.4 Å². The highest BCUT2D eigenvalue weighted by Crippen LogP contribution is 2.38. The second-order valence-corrected chi connectivity index (χ2v) is 9.63. The fraction of sp³-hybridized carbons (Fsp3) is 0.739. The lowest BCUT2D eigenvalue weighted by Crippen LogP contribution is -2.49. The number of hydrogen-bond donors (Lipinski definition) is 3. The molecule has 1 amide bonds. The van der Waals surface area contributed by atoms with Crippen molar-refractivity contribution in [1.29, 1.82) is 5.41 Å². The number of amides is 1. The van der Waals surface area contributed by atoms with Crippen LogP contribution in [0.1, 0.15) is 77.0 Å². The third-order valence-corrected chi connectivity index (χ3v) is 7.45. The Labute approximate surface area is 179 Å². The van der Waals surface area contributed by atoms with E-state index in [1.807, 2.05) is 0 Å². The van der Waals surface area contributed by atoms with Gasteiger partial charge in [-0.1, -0.05) is 44.9 Å². The highest BCUT2D eigenvalue weighted by atomic mass is 16.2. The summed E-state index contributed by atoms with van der Waals surface area (Å²) in [6.07, 6.45) is 19.0. The third kappa shape index (κ3) is 4.76. The number of rotatable bonds is 7. The first-order valence-electron chi connectivity index (χ1n) is 11.7. The number of anilines is 1. The fourth-order valence-electron chi connectivity index (χ4n) is 5.81. The summed E-state index contributed by atoms with van der Waals surface area (Å²) in [5, 5.41) is 15.1. The van der Waals surface area contributed by atoms with Crippen LogP contribution in [0.2, 0.25) is 0 Å². The van der Waals surface area contributed by atoms with Gasteiger partial charge in [0, 0.05) is 25.5 Å². The van der Waals surface area contributed by atoms with Crippen LogP contribution in [0, 0.1) is 17.2 Å². The fourth-order valence-corrected chi connectivity index (χ4v) is 5.81. The summed E-state index contributed by atoms with van der Waals surface area (Å²) < 4.78 is 0. The largest absolute Gasteiger partial charge is 0.366 e. The molecular weight excluding hydrogens is 376 g/mol. The summed E-state index contributed by atoms with van der Waals surface area (Å²) in [6.45, 7) is 0. The minimum absolute atomic E-state index is 0.0901. The summed E-state index contributed by atoms with van der Waals surface area (Å²) in [4.78, 5) is 23.3. The van der Waals surface area contributed by atoms with Gasteiger partial charge in [0.1, 0.15) is 11.4 Å². The van der Waals surface area contributed by atoms with Gasteiger partial charge in [0.25, 0.3) is 5.91 Å². The van der Waals surface area contributed by atoms with Crippen molar-refractivity contribution < 1.29 is 4.79 Å². The molecule has 7 heteroatoms. The van der Waals surface area contributed by atoms with E-state index in [9.17, 15) is 4.79 Å². The molecule has 0 unspecified atom stereocenters. The molecule has 164 valence electrons. The Bertz CT molecular complexity index is 734. The van der Waals surface area contributed by atoms with Crippen LogP contribution in [0.15, 0.2) is 18.6 Å². The van der Waals surface area contributed by atoms with Crippen LogP contribution >= 0.6 is 0 Å². The number of nitrogens with one attached hydrogen (secondary N) is 3. The number of likely N-dealkylation sites (N-methyl/N-ethyl adjacent to an activating group) is 1. The molecule has 2 saturated carbocycles. The van der Waals surface area contributed by atoms with Crippen molar-refractivity contribution in [3.63, 3.8) is 0 Å². The van der Waals surface area contributed by atoms with E-state index in [4.69, 9.17) is 5.41 Å². The first kappa shape index (κ1) is 21.1. The molecule has 0 bridgehead atoms. The van der Waals surface area contributed by atoms with Crippen molar-refractivity contribution in [2.24, 2.45) is 11.8 Å². The van der Waals surface area contributed by atoms with Gasteiger partial charge in [-0.25, -0.2) is 4.98 Å². The van der Waals surface area contributed by atoms with Crippen molar-refractivity contribution in [3.8, 4) is 0 Å². The van der Waals surface area contributed by atoms with Gasteiger partial charge in [-0.2, -0.15) is 0 Å². The van der Waals surface area contributed by atoms with Crippen LogP contribution in [0.25, 0.3) is 0 Å². The van der Waals surface area contributed by atoms with Crippen molar-refractivity contribution in [3.05, 3.63) is 18.6 Å². The Balaban J connectivity index is 1.41. The molecule has 0 radical (unpaired) electrons. The van der Waals surface area contributed by atoms with Gasteiger partial charge >= 0.3 is 0 Å². The second-order valence-electron chi connectivity index (χ2n) is 9.63. The van der Waals surface area contributed by atoms with Crippen LogP contribution in [0.3, 0.4) is 0 Å². The molecule has 2 aliphatic carbocycles. The molecule has 0 aromatic carbocycles. The summed E-state index contributed by atoms with van der Waals surface area (Å²) in [5.74, 6) is 2.38. The molecule has 0 spiro atoms. The van der Waals surface area contributed by atoms with E-state index in [1.165, 1.54) is 37.0 Å². The Morgan fingerprint density at radius 3 is 2.67 bits per heavy atom. The average molecular weight is 413 g/mol. The van der Waals surface area contributed by atoms with Gasteiger partial charge in [-0.15, -0.1) is 0 Å². The summed E-state index contributed by atoms with van der Waals surface area (Å²) >= 11 is 0. The normalized spacial score (nSPS) is 30.4. The summed E-state index contributed by atoms with van der Waals surface area (Å²) in [6, 6.07) is 0.365. The zero-order valence-electron chi connectivity index (χ0n) is 18.2. The van der Waals surface area contributed by atoms with Crippen molar-refractivity contribution >= 4 is 17.7 Å². The predicted molar refractivity (Wildman–Crippen MR) is 118 cm³/mol. The summed E-state index contributed by atoms with van der Waals surface area (Å²) in [7, 11) is 1.74. The van der Waals surface area contributed by atoms with Crippen LogP contribution < -0.4 is 10.6 Å². The number of nitrogens with zero attached hydrogens (tertiary/aromatic N) is 3. The molecule has 3 atom stereocenters. The predicted octanol–water partition coefficient (Wildman–Crippen LogP) is 3.93. The zero-order valence-corrected chi connectivity index (χ0v) is 18.2. The molecule has 4 rings (SSSR count). The van der Waals surface area contributed by atoms with Crippen molar-refractivity contribution in [2.45, 2.75) is 88.6 Å². The van der Waals surface area contributed by atoms with E-state index in [2.05, 4.69) is 20.6 Å². The number of hydrogen-bond acceptors (Lipinski definition) is 5. The van der Waals surface area contributed by atoms with Crippen molar-refractivity contribution in [1.82, 2.24) is 20.2 Å². The Morgan fingerprint density at radius 2 is 1.97 bits per heavy atom. The molecule has 3 aliphatic rings. The van der Waals surface area contributed by atoms with Gasteiger partial charge in [0.2, 0.25) is 0 Å². The van der Waals surface area contributed by atoms with Gasteiger partial charge in [0.05, 0.1) is 6.20 Å². The summed E-state index contributed by atoms with van der Waals surface area (Å²) in [5.41, 5.74) is -0.595. The topological polar surface area (TPSA) is 94.0 Å². The smallest absolute Gasteiger partial charge is 0.254 e. The standard InChI is InChI=1S/C23H36N6O/c1-29-21(30)23(28-22(29)24,11-10-17-6-3-2-4-7-17)15-18-8-5-9-19(14-18)27-20-16-25-12-13-26-20/h12-13,16-19H,2-11,14-15H2,1H3,(H2,24,28)(H,26,27)/t18-,19+,23+/m0/s1. The Hall–Kier alpha value is -2.18. The van der Waals surface area contributed by atoms with Crippen LogP contribution in [0.5, 0.6) is 0 Å². The molecule has 1 saturated heterocycles. The quantitative estimate of drug-likeness (QED) is 0.631. The minimum Gasteiger partial charge on any atom is -0.366 e. The Morgan fingerprint density at radius 1 is 1.17 bits per heavy atom. The third-order valence-electron chi connectivity index (χ3n) is 7.45. The van der Waals surface area contributed by atoms with E-state index in [1.54, 1.807) is 25.6 Å². The van der Waals surface area contributed by atoms with Gasteiger partial charge in [-0.3, -0.25) is 20.1 Å². The maximum absolute atomic E-state index is 13.2. The number of carbonyl (C=O) groups is 1. The lowest BCUT2D eigenvalue weighted by atomic mass is 9.74. The van der Waals surface area contributed by atoms with Gasteiger partial charge in [-0.05, 0) is 43.9 Å². The number of guanidine groups is 1. The SMILES string of the molecule is CN1C(=N)N[C@](CCC2CCCCC2)(C[C@H]2CCC[C@@H](Nc3cnccn3)C2)C1=O. The molecule has 30 heavy (non-hydrogen) atoms. The number of carbonyl (C=O) groups excluding carboxylic acids is 1. The minimum atomic E-state index is -0.595. The second kappa shape index (κ2) is 9.31. The van der Waals surface area contributed by atoms with E-state index in [-0.39, 0.29) is 11.9 Å². The lowest BCUT2D eigenvalue weighted by Gasteiger charge is -2.37.